The van der Waals surface area contributed by atoms with E-state index in [1.807, 2.05) is 0 Å². The number of thioether (sulfide) groups is 1. The SMILES string of the molecule is C=C(C)C(=O)N(CC(=O)N1CCSC1=S)C(=O)CN. The molecule has 0 radical (unpaired) electrons. The van der Waals surface area contributed by atoms with Gasteiger partial charge in [-0.2, -0.15) is 0 Å². The van der Waals surface area contributed by atoms with Crippen LogP contribution in [-0.2, 0) is 14.4 Å². The fraction of sp³-hybridized carbons (Fsp3) is 0.455. The molecule has 0 aromatic rings. The first-order chi connectivity index (χ1) is 8.88. The lowest BCUT2D eigenvalue weighted by Gasteiger charge is -2.22. The molecule has 0 saturated carbocycles. The third-order valence-electron chi connectivity index (χ3n) is 2.44. The van der Waals surface area contributed by atoms with Crippen LogP contribution in [0.1, 0.15) is 6.92 Å². The zero-order valence-electron chi connectivity index (χ0n) is 10.5. The Balaban J connectivity index is 2.80. The molecule has 1 saturated heterocycles. The highest BCUT2D eigenvalue weighted by molar-refractivity contribution is 8.23. The quantitative estimate of drug-likeness (QED) is 0.569. The molecule has 1 rings (SSSR count). The third kappa shape index (κ3) is 3.85. The zero-order chi connectivity index (χ0) is 14.6. The summed E-state index contributed by atoms with van der Waals surface area (Å²) in [6, 6.07) is 0. The summed E-state index contributed by atoms with van der Waals surface area (Å²) in [6.07, 6.45) is 0. The molecule has 8 heteroatoms. The molecular weight excluding hydrogens is 286 g/mol. The van der Waals surface area contributed by atoms with Gasteiger partial charge >= 0.3 is 0 Å². The number of hydrogen-bond donors (Lipinski definition) is 1. The van der Waals surface area contributed by atoms with E-state index in [1.165, 1.54) is 23.6 Å². The van der Waals surface area contributed by atoms with Crippen molar-refractivity contribution in [3.63, 3.8) is 0 Å². The van der Waals surface area contributed by atoms with E-state index in [-0.39, 0.29) is 24.6 Å². The van der Waals surface area contributed by atoms with Gasteiger partial charge in [0.1, 0.15) is 10.9 Å². The summed E-state index contributed by atoms with van der Waals surface area (Å²) in [7, 11) is 0. The average Bonchev–Trinajstić information content (AvgIpc) is 2.80. The minimum Gasteiger partial charge on any atom is -0.322 e. The minimum atomic E-state index is -0.612. The van der Waals surface area contributed by atoms with Gasteiger partial charge in [0, 0.05) is 17.9 Å². The van der Waals surface area contributed by atoms with Crippen LogP contribution in [0, 0.1) is 0 Å². The molecule has 6 nitrogen and oxygen atoms in total. The molecule has 0 aliphatic carbocycles. The Kier molecular flexibility index (Phi) is 5.64. The normalized spacial score (nSPS) is 14.4. The Morgan fingerprint density at radius 1 is 1.53 bits per heavy atom. The van der Waals surface area contributed by atoms with E-state index in [9.17, 15) is 14.4 Å². The van der Waals surface area contributed by atoms with E-state index in [0.29, 0.717) is 10.9 Å². The van der Waals surface area contributed by atoms with E-state index in [2.05, 4.69) is 6.58 Å². The van der Waals surface area contributed by atoms with Gasteiger partial charge in [-0.3, -0.25) is 24.2 Å². The van der Waals surface area contributed by atoms with Crippen LogP contribution in [0.2, 0.25) is 0 Å². The summed E-state index contributed by atoms with van der Waals surface area (Å²) in [6.45, 7) is 4.74. The largest absolute Gasteiger partial charge is 0.322 e. The molecule has 2 N–H and O–H groups in total. The smallest absolute Gasteiger partial charge is 0.256 e. The lowest BCUT2D eigenvalue weighted by molar-refractivity contribution is -0.146. The number of carbonyl (C=O) groups excluding carboxylic acids is 3. The van der Waals surface area contributed by atoms with Crippen LogP contribution >= 0.6 is 24.0 Å². The predicted octanol–water partition coefficient (Wildman–Crippen LogP) is -0.263. The van der Waals surface area contributed by atoms with Gasteiger partial charge in [-0.1, -0.05) is 30.6 Å². The van der Waals surface area contributed by atoms with Crippen LogP contribution in [0.5, 0.6) is 0 Å². The van der Waals surface area contributed by atoms with Gasteiger partial charge in [-0.25, -0.2) is 0 Å². The maximum atomic E-state index is 12.0. The monoisotopic (exact) mass is 301 g/mol. The maximum Gasteiger partial charge on any atom is 0.256 e. The highest BCUT2D eigenvalue weighted by Crippen LogP contribution is 2.18. The Labute approximate surface area is 121 Å². The zero-order valence-corrected chi connectivity index (χ0v) is 12.2. The molecule has 0 spiro atoms. The standard InChI is InChI=1S/C11H15N3O3S2/c1-7(2)10(17)14(8(15)5-12)6-9(16)13-3-4-19-11(13)18/h1,3-6,12H2,2H3. The van der Waals surface area contributed by atoms with Crippen LogP contribution in [-0.4, -0.2) is 57.2 Å². The topological polar surface area (TPSA) is 83.7 Å². The Morgan fingerprint density at radius 2 is 2.16 bits per heavy atom. The van der Waals surface area contributed by atoms with E-state index in [4.69, 9.17) is 18.0 Å². The van der Waals surface area contributed by atoms with Gasteiger partial charge in [0.2, 0.25) is 11.8 Å². The van der Waals surface area contributed by atoms with Gasteiger partial charge in [-0.05, 0) is 6.92 Å². The van der Waals surface area contributed by atoms with Gasteiger partial charge in [0.05, 0.1) is 6.54 Å². The second-order valence-corrected chi connectivity index (χ2v) is 5.66. The Hall–Kier alpha value is -1.25. The molecule has 3 amide bonds. The lowest BCUT2D eigenvalue weighted by atomic mass is 10.2. The molecular formula is C11H15N3O3S2. The number of amides is 3. The third-order valence-corrected chi connectivity index (χ3v) is 3.87. The Bertz CT molecular complexity index is 450. The number of nitrogens with zero attached hydrogens (tertiary/aromatic N) is 2. The van der Waals surface area contributed by atoms with Gasteiger partial charge < -0.3 is 5.73 Å². The van der Waals surface area contributed by atoms with Crippen LogP contribution in [0.3, 0.4) is 0 Å². The summed E-state index contributed by atoms with van der Waals surface area (Å²) in [5.74, 6) is -0.865. The summed E-state index contributed by atoms with van der Waals surface area (Å²) >= 11 is 6.41. The van der Waals surface area contributed by atoms with Crippen molar-refractivity contribution >= 4 is 46.0 Å². The van der Waals surface area contributed by atoms with Crippen molar-refractivity contribution in [1.82, 2.24) is 9.80 Å². The minimum absolute atomic E-state index is 0.174. The van der Waals surface area contributed by atoms with Crippen molar-refractivity contribution in [2.24, 2.45) is 5.73 Å². The molecule has 19 heavy (non-hydrogen) atoms. The molecule has 104 valence electrons. The van der Waals surface area contributed by atoms with Crippen LogP contribution in [0.15, 0.2) is 12.2 Å². The molecule has 1 fully saturated rings. The van der Waals surface area contributed by atoms with Crippen molar-refractivity contribution in [2.75, 3.05) is 25.4 Å². The number of thiocarbonyl (C=S) groups is 1. The van der Waals surface area contributed by atoms with E-state index in [1.54, 1.807) is 0 Å². The predicted molar refractivity (Wildman–Crippen MR) is 77.4 cm³/mol. The molecule has 0 aromatic carbocycles. The van der Waals surface area contributed by atoms with Crippen molar-refractivity contribution in [1.29, 1.82) is 0 Å². The van der Waals surface area contributed by atoms with Crippen LogP contribution < -0.4 is 5.73 Å². The number of hydrogen-bond acceptors (Lipinski definition) is 6. The molecule has 1 aliphatic rings. The highest BCUT2D eigenvalue weighted by atomic mass is 32.2. The molecule has 0 bridgehead atoms. The Morgan fingerprint density at radius 3 is 2.58 bits per heavy atom. The number of carbonyl (C=O) groups is 3. The fourth-order valence-electron chi connectivity index (χ4n) is 1.45. The molecule has 0 unspecified atom stereocenters. The first-order valence-electron chi connectivity index (χ1n) is 5.56. The first-order valence-corrected chi connectivity index (χ1v) is 6.95. The first kappa shape index (κ1) is 15.8. The second kappa shape index (κ2) is 6.78. The van der Waals surface area contributed by atoms with Gasteiger partial charge in [0.25, 0.3) is 5.91 Å². The average molecular weight is 301 g/mol. The summed E-state index contributed by atoms with van der Waals surface area (Å²) in [5.41, 5.74) is 5.41. The molecule has 0 aromatic heterocycles. The van der Waals surface area contributed by atoms with Crippen molar-refractivity contribution < 1.29 is 14.4 Å². The van der Waals surface area contributed by atoms with Crippen LogP contribution in [0.4, 0.5) is 0 Å². The lowest BCUT2D eigenvalue weighted by Crippen LogP contribution is -2.47. The van der Waals surface area contributed by atoms with Crippen molar-refractivity contribution in [3.8, 4) is 0 Å². The number of imide groups is 1. The van der Waals surface area contributed by atoms with E-state index in [0.717, 1.165) is 10.7 Å². The molecule has 0 atom stereocenters. The van der Waals surface area contributed by atoms with E-state index >= 15 is 0 Å². The number of rotatable bonds is 4. The van der Waals surface area contributed by atoms with Crippen molar-refractivity contribution in [2.45, 2.75) is 6.92 Å². The van der Waals surface area contributed by atoms with Gasteiger partial charge in [-0.15, -0.1) is 0 Å². The summed E-state index contributed by atoms with van der Waals surface area (Å²) in [4.78, 5) is 37.7. The maximum absolute atomic E-state index is 12.0. The molecule has 1 aliphatic heterocycles. The van der Waals surface area contributed by atoms with Crippen LogP contribution in [0.25, 0.3) is 0 Å². The number of nitrogens with two attached hydrogens (primary N) is 1. The van der Waals surface area contributed by atoms with E-state index < -0.39 is 11.8 Å². The highest BCUT2D eigenvalue weighted by Gasteiger charge is 2.29. The second-order valence-electron chi connectivity index (χ2n) is 3.93. The van der Waals surface area contributed by atoms with Crippen molar-refractivity contribution in [3.05, 3.63) is 12.2 Å². The van der Waals surface area contributed by atoms with Gasteiger partial charge in [0.15, 0.2) is 0 Å². The summed E-state index contributed by atoms with van der Waals surface area (Å²) in [5, 5.41) is 0. The molecule has 1 heterocycles. The summed E-state index contributed by atoms with van der Waals surface area (Å²) < 4.78 is 0.466. The fourth-order valence-corrected chi connectivity index (χ4v) is 2.69.